The zero-order valence-electron chi connectivity index (χ0n) is 70.5. The van der Waals surface area contributed by atoms with Crippen molar-refractivity contribution in [3.8, 4) is 68.0 Å². The Morgan fingerprint density at radius 2 is 0.504 bits per heavy atom. The molecular weight excluding hydrogens is 1640 g/mol. The summed E-state index contributed by atoms with van der Waals surface area (Å²) in [6, 6.07) is 94.5. The highest BCUT2D eigenvalue weighted by molar-refractivity contribution is 6.04. The molecule has 16 aromatic rings. The van der Waals surface area contributed by atoms with E-state index in [1.165, 1.54) is 12.1 Å². The van der Waals surface area contributed by atoms with Gasteiger partial charge in [-0.3, -0.25) is 19.2 Å². The van der Waals surface area contributed by atoms with Crippen LogP contribution in [0, 0.1) is 56.8 Å². The molecule has 25 heteroatoms. The molecule has 0 aliphatic heterocycles. The minimum atomic E-state index is -2.30. The smallest absolute Gasteiger partial charge is 0.256 e. The van der Waals surface area contributed by atoms with Crippen molar-refractivity contribution < 1.29 is 61.6 Å². The molecule has 4 aromatic heterocycles. The van der Waals surface area contributed by atoms with Crippen LogP contribution in [0.3, 0.4) is 0 Å². The van der Waals surface area contributed by atoms with Gasteiger partial charge in [-0.15, -0.1) is 0 Å². The van der Waals surface area contributed by atoms with Crippen molar-refractivity contribution in [2.24, 2.45) is 0 Å². The molecule has 0 radical (unpaired) electrons. The van der Waals surface area contributed by atoms with Crippen LogP contribution in [0.15, 0.2) is 309 Å². The quantitative estimate of drug-likeness (QED) is 0.0158. The second-order valence-electron chi connectivity index (χ2n) is 30.0. The Morgan fingerprint density at radius 1 is 0.264 bits per heavy atom. The molecule has 0 saturated carbocycles. The van der Waals surface area contributed by atoms with E-state index in [0.29, 0.717) is 112 Å². The minimum Gasteiger partial charge on any atom is -0.508 e. The Morgan fingerprint density at radius 3 is 0.798 bits per heavy atom. The number of phenolic OH excluding ortho intramolecular Hbond substituents is 4. The maximum absolute atomic E-state index is 14.1. The summed E-state index contributed by atoms with van der Waals surface area (Å²) in [5.41, 5.74) is 16.2. The average Bonchev–Trinajstić information content (AvgIpc) is 0.807. The number of carbonyl (C=O) groups is 4. The first kappa shape index (κ1) is 90.4. The molecule has 0 aliphatic rings. The van der Waals surface area contributed by atoms with E-state index < -0.39 is 47.0 Å². The first-order valence-electron chi connectivity index (χ1n) is 41.1. The molecule has 0 bridgehead atoms. The lowest BCUT2D eigenvalue weighted by molar-refractivity contribution is -0.116. The van der Waals surface area contributed by atoms with Crippen LogP contribution in [0.1, 0.15) is 101 Å². The number of anilines is 4. The first-order valence-corrected chi connectivity index (χ1v) is 41.1. The van der Waals surface area contributed by atoms with Crippen molar-refractivity contribution in [2.45, 2.75) is 79.1 Å². The summed E-state index contributed by atoms with van der Waals surface area (Å²) in [4.78, 5) is 88.4. The van der Waals surface area contributed by atoms with Gasteiger partial charge >= 0.3 is 0 Å². The highest BCUT2D eigenvalue weighted by Crippen LogP contribution is 2.34. The van der Waals surface area contributed by atoms with Crippen molar-refractivity contribution >= 4 is 46.9 Å². The van der Waals surface area contributed by atoms with Gasteiger partial charge in [0.15, 0.2) is 46.5 Å². The van der Waals surface area contributed by atoms with Gasteiger partial charge in [-0.1, -0.05) is 200 Å². The summed E-state index contributed by atoms with van der Waals surface area (Å²) in [5, 5.41) is 49.6. The van der Waals surface area contributed by atoms with Crippen LogP contribution in [0.5, 0.6) is 23.0 Å². The van der Waals surface area contributed by atoms with E-state index >= 15 is 0 Å². The predicted molar refractivity (Wildman–Crippen MR) is 488 cm³/mol. The third kappa shape index (κ3) is 24.8. The molecule has 0 spiro atoms. The van der Waals surface area contributed by atoms with Crippen LogP contribution in [0.25, 0.3) is 45.0 Å². The van der Waals surface area contributed by atoms with Crippen LogP contribution in [-0.4, -0.2) is 83.9 Å². The number of halogens is 5. The zero-order chi connectivity index (χ0) is 90.9. The van der Waals surface area contributed by atoms with Gasteiger partial charge in [-0.05, 0) is 177 Å². The topological polar surface area (TPSA) is 300 Å². The molecule has 0 aliphatic carbocycles. The molecule has 0 unspecified atom stereocenters. The summed E-state index contributed by atoms with van der Waals surface area (Å²) in [6.07, 6.45) is 2.03. The molecule has 0 fully saturated rings. The van der Waals surface area contributed by atoms with E-state index in [2.05, 4.69) is 36.2 Å². The fourth-order valence-electron chi connectivity index (χ4n) is 13.8. The Bertz CT molecular complexity index is 6540. The summed E-state index contributed by atoms with van der Waals surface area (Å²) in [5.74, 6) is -10.1. The summed E-state index contributed by atoms with van der Waals surface area (Å²) < 4.78 is 68.5. The Kier molecular flexibility index (Phi) is 30.4. The normalized spacial score (nSPS) is 10.7. The van der Waals surface area contributed by atoms with Gasteiger partial charge in [-0.2, -0.15) is 0 Å². The van der Waals surface area contributed by atoms with E-state index in [1.807, 2.05) is 233 Å². The SMILES string of the molecule is Cc1nc(NC(=O)CCc2ccccc2)c(Cc2ccccc2)nc1-c1ccc(O)cc1.Cc1nc(NC(=O)Cc2c(F)c(F)c(F)c(F)c2F)c(Cc2ccccc2)nc1-c1ccc(O)cc1.Cc1nc(NC(=O)Cc2ccccc2)c(Cc2ccccc2)nc1-c1ccc(O)cc1.Cc1nc(NC(=O)c2ccccc2)c(Cc2ccccc2)nc1-c1ccc(O)cc1. The van der Waals surface area contributed by atoms with Crippen LogP contribution in [0.2, 0.25) is 0 Å². The zero-order valence-corrected chi connectivity index (χ0v) is 70.5. The molecular formula is C104H87F5N12O8. The van der Waals surface area contributed by atoms with Gasteiger partial charge in [0.2, 0.25) is 23.5 Å². The van der Waals surface area contributed by atoms with E-state index in [4.69, 9.17) is 24.9 Å². The van der Waals surface area contributed by atoms with Gasteiger partial charge < -0.3 is 41.7 Å². The molecule has 129 heavy (non-hydrogen) atoms. The fraction of sp³-hybridized carbons (Fsp3) is 0.115. The number of hydrogen-bond acceptors (Lipinski definition) is 16. The number of amides is 4. The predicted octanol–water partition coefficient (Wildman–Crippen LogP) is 20.9. The number of benzene rings is 12. The van der Waals surface area contributed by atoms with Crippen LogP contribution in [0.4, 0.5) is 45.2 Å². The average molecular weight is 1730 g/mol. The maximum atomic E-state index is 14.1. The van der Waals surface area contributed by atoms with Gasteiger partial charge in [0.05, 0.1) is 81.2 Å². The van der Waals surface area contributed by atoms with Crippen molar-refractivity contribution in [3.63, 3.8) is 0 Å². The van der Waals surface area contributed by atoms with Gasteiger partial charge in [0, 0.05) is 65.5 Å². The third-order valence-electron chi connectivity index (χ3n) is 20.4. The lowest BCUT2D eigenvalue weighted by atomic mass is 10.1. The van der Waals surface area contributed by atoms with Crippen molar-refractivity contribution in [3.05, 3.63) is 429 Å². The molecule has 20 nitrogen and oxygen atoms in total. The van der Waals surface area contributed by atoms with Crippen molar-refractivity contribution in [1.29, 1.82) is 0 Å². The van der Waals surface area contributed by atoms with E-state index in [9.17, 15) is 61.6 Å². The first-order chi connectivity index (χ1) is 62.4. The number of rotatable bonds is 24. The molecule has 4 heterocycles. The lowest BCUT2D eigenvalue weighted by Gasteiger charge is -2.15. The van der Waals surface area contributed by atoms with Gasteiger partial charge in [0.25, 0.3) is 5.91 Å². The number of aromatic hydroxyl groups is 4. The van der Waals surface area contributed by atoms with Gasteiger partial charge in [0.1, 0.15) is 23.0 Å². The highest BCUT2D eigenvalue weighted by Gasteiger charge is 2.29. The molecule has 0 saturated heterocycles. The van der Waals surface area contributed by atoms with Crippen LogP contribution < -0.4 is 21.3 Å². The molecule has 0 atom stereocenters. The van der Waals surface area contributed by atoms with Crippen LogP contribution in [-0.2, 0) is 59.3 Å². The number of carbonyl (C=O) groups excluding carboxylic acids is 4. The largest absolute Gasteiger partial charge is 0.508 e. The molecule has 8 N–H and O–H groups in total. The Labute approximate surface area is 741 Å². The second-order valence-corrected chi connectivity index (χ2v) is 30.0. The molecule has 4 amide bonds. The Hall–Kier alpha value is -16.3. The monoisotopic (exact) mass is 1730 g/mol. The maximum Gasteiger partial charge on any atom is 0.256 e. The minimum absolute atomic E-state index is 0.0206. The summed E-state index contributed by atoms with van der Waals surface area (Å²) in [6.45, 7) is 7.23. The molecule has 12 aromatic carbocycles. The van der Waals surface area contributed by atoms with E-state index in [1.54, 1.807) is 91.9 Å². The number of hydrogen-bond donors (Lipinski definition) is 8. The molecule has 646 valence electrons. The molecule has 16 rings (SSSR count). The Balaban J connectivity index is 0.000000147. The number of nitrogens with one attached hydrogen (secondary N) is 4. The summed E-state index contributed by atoms with van der Waals surface area (Å²) >= 11 is 0. The highest BCUT2D eigenvalue weighted by atomic mass is 19.2. The number of phenols is 4. The third-order valence-corrected chi connectivity index (χ3v) is 20.4. The lowest BCUT2D eigenvalue weighted by Crippen LogP contribution is -2.21. The second kappa shape index (κ2) is 43.3. The standard InChI is InChI=1S/C27H25N3O2.C26H18F5N3O2.C26H23N3O2.C25H21N3O2/c1-19-26(22-13-15-23(31)16-14-22)29-24(18-21-10-6-3-7-11-21)27(28-19)30-25(32)17-12-20-8-4-2-5-9-20;1-13-25(15-7-9-16(35)10-8-15)33-18(11-14-5-3-2-4-6-14)26(32-13)34-19(36)12-17-20(27)22(29)24(31)23(30)21(17)28;1-18-25(21-12-14-22(30)15-13-21)28-23(16-19-8-4-2-5-9-19)26(27-18)29-24(31)17-20-10-6-3-7-11-20;1-17-23(19-12-14-21(29)15-13-19)27-22(16-18-8-4-2-5-9-18)24(26-17)28-25(30)20-10-6-3-7-11-20/h2-11,13-16,31H,12,17-18H2,1H3,(H,28,30,32);2-10,35H,11-12H2,1H3,(H,32,34,36);2-15,30H,16-17H2,1H3,(H,27,29,31);2-15,29H,16H2,1H3,(H,26,28,30). The van der Waals surface area contributed by atoms with Crippen LogP contribution >= 0.6 is 0 Å². The van der Waals surface area contributed by atoms with E-state index in [-0.39, 0.29) is 59.4 Å². The van der Waals surface area contributed by atoms with Gasteiger partial charge in [-0.25, -0.2) is 61.8 Å². The fourth-order valence-corrected chi connectivity index (χ4v) is 13.8. The van der Waals surface area contributed by atoms with Crippen molar-refractivity contribution in [2.75, 3.05) is 21.3 Å². The van der Waals surface area contributed by atoms with Crippen molar-refractivity contribution in [1.82, 2.24) is 39.9 Å². The number of aryl methyl sites for hydroxylation is 5. The number of aromatic nitrogens is 8. The van der Waals surface area contributed by atoms with E-state index in [0.717, 1.165) is 67.2 Å². The number of nitrogens with zero attached hydrogens (tertiary/aromatic N) is 8. The summed E-state index contributed by atoms with van der Waals surface area (Å²) in [7, 11) is 0.